The minimum atomic E-state index is -0.397. The zero-order valence-electron chi connectivity index (χ0n) is 12.3. The van der Waals surface area contributed by atoms with Crippen LogP contribution < -0.4 is 5.32 Å². The SMILES string of the molecule is CCNc1nc(C2(OCC)CCOCC2)nc(C)c1I. The molecule has 1 aliphatic rings. The van der Waals surface area contributed by atoms with Gasteiger partial charge < -0.3 is 14.8 Å². The van der Waals surface area contributed by atoms with E-state index in [-0.39, 0.29) is 0 Å². The van der Waals surface area contributed by atoms with E-state index in [1.807, 2.05) is 13.8 Å². The normalized spacial score (nSPS) is 18.0. The second kappa shape index (κ2) is 7.00. The zero-order chi connectivity index (χ0) is 14.6. The van der Waals surface area contributed by atoms with E-state index in [0.29, 0.717) is 19.8 Å². The van der Waals surface area contributed by atoms with Gasteiger partial charge in [-0.25, -0.2) is 9.97 Å². The molecule has 1 saturated heterocycles. The Hall–Kier alpha value is -0.470. The van der Waals surface area contributed by atoms with Gasteiger partial charge >= 0.3 is 0 Å². The average molecular weight is 391 g/mol. The molecular formula is C14H22IN3O2. The van der Waals surface area contributed by atoms with Crippen molar-refractivity contribution in [3.8, 4) is 0 Å². The Bertz CT molecular complexity index is 456. The Morgan fingerprint density at radius 3 is 2.60 bits per heavy atom. The van der Waals surface area contributed by atoms with E-state index >= 15 is 0 Å². The van der Waals surface area contributed by atoms with E-state index in [0.717, 1.165) is 40.3 Å². The van der Waals surface area contributed by atoms with Gasteiger partial charge in [-0.05, 0) is 43.4 Å². The third-order valence-electron chi connectivity index (χ3n) is 3.49. The highest BCUT2D eigenvalue weighted by molar-refractivity contribution is 14.1. The van der Waals surface area contributed by atoms with Crippen molar-refractivity contribution < 1.29 is 9.47 Å². The van der Waals surface area contributed by atoms with E-state index < -0.39 is 5.60 Å². The van der Waals surface area contributed by atoms with Crippen LogP contribution in [-0.4, -0.2) is 36.3 Å². The van der Waals surface area contributed by atoms with Crippen LogP contribution in [0.1, 0.15) is 38.2 Å². The molecule has 0 aromatic carbocycles. The molecule has 112 valence electrons. The van der Waals surface area contributed by atoms with Crippen LogP contribution in [0.2, 0.25) is 0 Å². The number of aryl methyl sites for hydroxylation is 1. The van der Waals surface area contributed by atoms with Crippen LogP contribution in [0, 0.1) is 10.5 Å². The molecule has 2 heterocycles. The molecule has 1 fully saturated rings. The number of nitrogens with zero attached hydrogens (tertiary/aromatic N) is 2. The van der Waals surface area contributed by atoms with Gasteiger partial charge in [-0.3, -0.25) is 0 Å². The van der Waals surface area contributed by atoms with Crippen LogP contribution in [0.4, 0.5) is 5.82 Å². The molecule has 0 saturated carbocycles. The van der Waals surface area contributed by atoms with Gasteiger partial charge in [-0.1, -0.05) is 0 Å². The molecule has 1 N–H and O–H groups in total. The molecule has 6 heteroatoms. The number of nitrogens with one attached hydrogen (secondary N) is 1. The predicted molar refractivity (Wildman–Crippen MR) is 87.0 cm³/mol. The van der Waals surface area contributed by atoms with Crippen molar-refractivity contribution in [3.63, 3.8) is 0 Å². The number of rotatable bonds is 5. The predicted octanol–water partition coefficient (Wildman–Crippen LogP) is 2.86. The lowest BCUT2D eigenvalue weighted by Crippen LogP contribution is -2.38. The third-order valence-corrected chi connectivity index (χ3v) is 4.78. The van der Waals surface area contributed by atoms with Gasteiger partial charge in [0.1, 0.15) is 11.4 Å². The van der Waals surface area contributed by atoms with Crippen LogP contribution >= 0.6 is 22.6 Å². The molecule has 1 aliphatic heterocycles. The summed E-state index contributed by atoms with van der Waals surface area (Å²) < 4.78 is 12.6. The Morgan fingerprint density at radius 1 is 1.30 bits per heavy atom. The molecule has 0 radical (unpaired) electrons. The molecule has 0 spiro atoms. The lowest BCUT2D eigenvalue weighted by Gasteiger charge is -2.35. The molecule has 5 nitrogen and oxygen atoms in total. The zero-order valence-corrected chi connectivity index (χ0v) is 14.5. The van der Waals surface area contributed by atoms with E-state index in [1.165, 1.54) is 0 Å². The third kappa shape index (κ3) is 3.23. The Labute approximate surface area is 134 Å². The maximum atomic E-state index is 6.05. The molecule has 0 bridgehead atoms. The minimum absolute atomic E-state index is 0.397. The lowest BCUT2D eigenvalue weighted by molar-refractivity contribution is -0.117. The fraction of sp³-hybridized carbons (Fsp3) is 0.714. The standard InChI is InChI=1S/C14H22IN3O2/c1-4-16-12-11(15)10(3)17-13(18-12)14(20-5-2)6-8-19-9-7-14/h4-9H2,1-3H3,(H,16,17,18). The highest BCUT2D eigenvalue weighted by atomic mass is 127. The molecule has 1 aromatic heterocycles. The first-order chi connectivity index (χ1) is 9.63. The summed E-state index contributed by atoms with van der Waals surface area (Å²) in [4.78, 5) is 9.42. The van der Waals surface area contributed by atoms with Crippen molar-refractivity contribution in [2.24, 2.45) is 0 Å². The second-order valence-corrected chi connectivity index (χ2v) is 5.94. The van der Waals surface area contributed by atoms with Crippen molar-refractivity contribution in [1.29, 1.82) is 0 Å². The topological polar surface area (TPSA) is 56.3 Å². The molecule has 0 unspecified atom stereocenters. The van der Waals surface area contributed by atoms with E-state index in [1.54, 1.807) is 0 Å². The number of aromatic nitrogens is 2. The monoisotopic (exact) mass is 391 g/mol. The van der Waals surface area contributed by atoms with Gasteiger partial charge in [0.15, 0.2) is 5.82 Å². The molecule has 0 amide bonds. The molecule has 1 aromatic rings. The molecule has 2 rings (SSSR count). The maximum Gasteiger partial charge on any atom is 0.163 e. The van der Waals surface area contributed by atoms with Crippen molar-refractivity contribution in [2.75, 3.05) is 31.7 Å². The number of anilines is 1. The Kier molecular flexibility index (Phi) is 5.57. The highest BCUT2D eigenvalue weighted by Crippen LogP contribution is 2.35. The van der Waals surface area contributed by atoms with Crippen molar-refractivity contribution in [1.82, 2.24) is 9.97 Å². The van der Waals surface area contributed by atoms with Crippen LogP contribution in [0.25, 0.3) is 0 Å². The fourth-order valence-electron chi connectivity index (χ4n) is 2.46. The first-order valence-corrected chi connectivity index (χ1v) is 8.21. The summed E-state index contributed by atoms with van der Waals surface area (Å²) in [6.45, 7) is 9.01. The summed E-state index contributed by atoms with van der Waals surface area (Å²) in [7, 11) is 0. The summed E-state index contributed by atoms with van der Waals surface area (Å²) in [5.41, 5.74) is 0.601. The van der Waals surface area contributed by atoms with Gasteiger partial charge in [0.05, 0.1) is 9.26 Å². The fourth-order valence-corrected chi connectivity index (χ4v) is 2.89. The summed E-state index contributed by atoms with van der Waals surface area (Å²) in [6.07, 6.45) is 1.62. The Morgan fingerprint density at radius 2 is 2.00 bits per heavy atom. The van der Waals surface area contributed by atoms with E-state index in [2.05, 4.69) is 34.8 Å². The minimum Gasteiger partial charge on any atom is -0.381 e. The summed E-state index contributed by atoms with van der Waals surface area (Å²) in [6, 6.07) is 0. The second-order valence-electron chi connectivity index (χ2n) is 4.87. The molecule has 0 aliphatic carbocycles. The summed E-state index contributed by atoms with van der Waals surface area (Å²) in [5, 5.41) is 3.31. The van der Waals surface area contributed by atoms with Gasteiger partial charge in [-0.15, -0.1) is 0 Å². The Balaban J connectivity index is 2.42. The maximum absolute atomic E-state index is 6.05. The number of ether oxygens (including phenoxy) is 2. The summed E-state index contributed by atoms with van der Waals surface area (Å²) in [5.74, 6) is 1.69. The smallest absolute Gasteiger partial charge is 0.163 e. The van der Waals surface area contributed by atoms with Gasteiger partial charge in [-0.2, -0.15) is 0 Å². The van der Waals surface area contributed by atoms with Gasteiger partial charge in [0, 0.05) is 39.2 Å². The van der Waals surface area contributed by atoms with Crippen molar-refractivity contribution in [3.05, 3.63) is 15.1 Å². The quantitative estimate of drug-likeness (QED) is 0.783. The van der Waals surface area contributed by atoms with E-state index in [9.17, 15) is 0 Å². The van der Waals surface area contributed by atoms with Crippen molar-refractivity contribution >= 4 is 28.4 Å². The van der Waals surface area contributed by atoms with Crippen LogP contribution in [0.5, 0.6) is 0 Å². The first kappa shape index (κ1) is 15.9. The largest absolute Gasteiger partial charge is 0.381 e. The van der Waals surface area contributed by atoms with Gasteiger partial charge in [0.2, 0.25) is 0 Å². The number of hydrogen-bond acceptors (Lipinski definition) is 5. The van der Waals surface area contributed by atoms with Gasteiger partial charge in [0.25, 0.3) is 0 Å². The number of hydrogen-bond donors (Lipinski definition) is 1. The number of halogens is 1. The molecular weight excluding hydrogens is 369 g/mol. The van der Waals surface area contributed by atoms with Crippen LogP contribution in [0.3, 0.4) is 0 Å². The molecule has 20 heavy (non-hydrogen) atoms. The van der Waals surface area contributed by atoms with Crippen LogP contribution in [-0.2, 0) is 15.1 Å². The first-order valence-electron chi connectivity index (χ1n) is 7.13. The van der Waals surface area contributed by atoms with Crippen molar-refractivity contribution in [2.45, 2.75) is 39.2 Å². The lowest BCUT2D eigenvalue weighted by atomic mass is 9.92. The summed E-state index contributed by atoms with van der Waals surface area (Å²) >= 11 is 2.29. The highest BCUT2D eigenvalue weighted by Gasteiger charge is 2.38. The van der Waals surface area contributed by atoms with E-state index in [4.69, 9.17) is 19.4 Å². The van der Waals surface area contributed by atoms with Crippen LogP contribution in [0.15, 0.2) is 0 Å². The molecule has 0 atom stereocenters. The average Bonchev–Trinajstić information content (AvgIpc) is 2.45.